The minimum atomic E-state index is 0.131. The number of likely N-dealkylation sites (tertiary alicyclic amines) is 1. The molecule has 7 heteroatoms. The molecule has 2 aromatic carbocycles. The maximum atomic E-state index is 12.9. The lowest BCUT2D eigenvalue weighted by Crippen LogP contribution is -2.32. The van der Waals surface area contributed by atoms with E-state index in [9.17, 15) is 4.79 Å². The van der Waals surface area contributed by atoms with Gasteiger partial charge in [-0.25, -0.2) is 0 Å². The average Bonchev–Trinajstić information content (AvgIpc) is 3.36. The lowest BCUT2D eigenvalue weighted by molar-refractivity contribution is -0.129. The summed E-state index contributed by atoms with van der Waals surface area (Å²) in [4.78, 5) is 14.8. The van der Waals surface area contributed by atoms with E-state index >= 15 is 0 Å². The van der Waals surface area contributed by atoms with Crippen molar-refractivity contribution >= 4 is 29.3 Å². The molecular formula is C20H19ClN4OS. The summed E-state index contributed by atoms with van der Waals surface area (Å²) >= 11 is 7.48. The molecule has 4 rings (SSSR count). The summed E-state index contributed by atoms with van der Waals surface area (Å²) in [5, 5.41) is 9.48. The highest BCUT2D eigenvalue weighted by molar-refractivity contribution is 7.99. The third-order valence-corrected chi connectivity index (χ3v) is 5.85. The number of nitrogens with zero attached hydrogens (tertiary/aromatic N) is 4. The molecule has 5 nitrogen and oxygen atoms in total. The fraction of sp³-hybridized carbons (Fsp3) is 0.250. The van der Waals surface area contributed by atoms with Crippen molar-refractivity contribution < 1.29 is 4.79 Å². The topological polar surface area (TPSA) is 51.0 Å². The van der Waals surface area contributed by atoms with Crippen LogP contribution < -0.4 is 0 Å². The Morgan fingerprint density at radius 3 is 2.85 bits per heavy atom. The Kier molecular flexibility index (Phi) is 5.45. The SMILES string of the molecule is O=C(CSc1nncn1-c1cccc(Cl)c1)N1CCCC1c1ccccc1. The summed E-state index contributed by atoms with van der Waals surface area (Å²) < 4.78 is 1.85. The molecule has 0 bridgehead atoms. The van der Waals surface area contributed by atoms with Gasteiger partial charge in [0.25, 0.3) is 0 Å². The lowest BCUT2D eigenvalue weighted by atomic mass is 10.0. The molecule has 1 atom stereocenters. The van der Waals surface area contributed by atoms with E-state index in [1.807, 2.05) is 51.9 Å². The molecule has 27 heavy (non-hydrogen) atoms. The summed E-state index contributed by atoms with van der Waals surface area (Å²) in [7, 11) is 0. The van der Waals surface area contributed by atoms with E-state index in [2.05, 4.69) is 22.3 Å². The molecule has 3 aromatic rings. The van der Waals surface area contributed by atoms with E-state index in [4.69, 9.17) is 11.6 Å². The van der Waals surface area contributed by atoms with Gasteiger partial charge in [-0.05, 0) is 36.6 Å². The van der Waals surface area contributed by atoms with Gasteiger partial charge in [0.15, 0.2) is 5.16 Å². The summed E-state index contributed by atoms with van der Waals surface area (Å²) in [6.45, 7) is 0.805. The Labute approximate surface area is 167 Å². The Balaban J connectivity index is 1.45. The number of hydrogen-bond acceptors (Lipinski definition) is 4. The van der Waals surface area contributed by atoms with Gasteiger partial charge < -0.3 is 4.90 Å². The zero-order chi connectivity index (χ0) is 18.6. The molecule has 138 valence electrons. The second-order valence-corrected chi connectivity index (χ2v) is 7.79. The van der Waals surface area contributed by atoms with Gasteiger partial charge >= 0.3 is 0 Å². The van der Waals surface area contributed by atoms with Crippen LogP contribution in [-0.2, 0) is 4.79 Å². The van der Waals surface area contributed by atoms with Gasteiger partial charge in [0, 0.05) is 11.6 Å². The van der Waals surface area contributed by atoms with Crippen LogP contribution in [0.5, 0.6) is 0 Å². The highest BCUT2D eigenvalue weighted by Gasteiger charge is 2.29. The van der Waals surface area contributed by atoms with Crippen LogP contribution in [0.25, 0.3) is 5.69 Å². The number of rotatable bonds is 5. The average molecular weight is 399 g/mol. The molecule has 0 saturated carbocycles. The van der Waals surface area contributed by atoms with Crippen molar-refractivity contribution in [3.05, 3.63) is 71.5 Å². The van der Waals surface area contributed by atoms with Crippen molar-refractivity contribution in [3.63, 3.8) is 0 Å². The summed E-state index contributed by atoms with van der Waals surface area (Å²) in [5.74, 6) is 0.467. The first-order chi connectivity index (χ1) is 13.2. The summed E-state index contributed by atoms with van der Waals surface area (Å²) in [6.07, 6.45) is 3.69. The monoisotopic (exact) mass is 398 g/mol. The molecule has 1 aliphatic rings. The zero-order valence-electron chi connectivity index (χ0n) is 14.7. The van der Waals surface area contributed by atoms with E-state index in [0.29, 0.717) is 15.9 Å². The minimum Gasteiger partial charge on any atom is -0.335 e. The molecular weight excluding hydrogens is 380 g/mol. The van der Waals surface area contributed by atoms with Gasteiger partial charge in [-0.1, -0.05) is 59.8 Å². The van der Waals surface area contributed by atoms with Crippen LogP contribution in [0, 0.1) is 0 Å². The van der Waals surface area contributed by atoms with E-state index in [1.165, 1.54) is 17.3 Å². The number of aromatic nitrogens is 3. The van der Waals surface area contributed by atoms with Gasteiger partial charge in [0.1, 0.15) is 6.33 Å². The second-order valence-electron chi connectivity index (χ2n) is 6.41. The first-order valence-corrected chi connectivity index (χ1v) is 10.2. The smallest absolute Gasteiger partial charge is 0.233 e. The van der Waals surface area contributed by atoms with Gasteiger partial charge in [-0.2, -0.15) is 0 Å². The normalized spacial score (nSPS) is 16.6. The molecule has 0 N–H and O–H groups in total. The maximum absolute atomic E-state index is 12.9. The van der Waals surface area contributed by atoms with Gasteiger partial charge in [-0.15, -0.1) is 10.2 Å². The van der Waals surface area contributed by atoms with Crippen LogP contribution in [0.1, 0.15) is 24.4 Å². The second kappa shape index (κ2) is 8.15. The van der Waals surface area contributed by atoms with Gasteiger partial charge in [0.05, 0.1) is 17.5 Å². The van der Waals surface area contributed by atoms with Gasteiger partial charge in [0.2, 0.25) is 5.91 Å². The predicted octanol–water partition coefficient (Wildman–Crippen LogP) is 4.38. The van der Waals surface area contributed by atoms with E-state index in [1.54, 1.807) is 6.33 Å². The molecule has 1 fully saturated rings. The zero-order valence-corrected chi connectivity index (χ0v) is 16.2. The molecule has 2 heterocycles. The van der Waals surface area contributed by atoms with Crippen molar-refractivity contribution in [2.45, 2.75) is 24.0 Å². The molecule has 1 unspecified atom stereocenters. The maximum Gasteiger partial charge on any atom is 0.233 e. The van der Waals surface area contributed by atoms with E-state index in [0.717, 1.165) is 25.1 Å². The Morgan fingerprint density at radius 1 is 1.19 bits per heavy atom. The summed E-state index contributed by atoms with van der Waals surface area (Å²) in [6, 6.07) is 17.9. The van der Waals surface area contributed by atoms with Crippen molar-refractivity contribution in [2.75, 3.05) is 12.3 Å². The number of thioether (sulfide) groups is 1. The van der Waals surface area contributed by atoms with Crippen molar-refractivity contribution in [3.8, 4) is 5.69 Å². The molecule has 0 aliphatic carbocycles. The predicted molar refractivity (Wildman–Crippen MR) is 107 cm³/mol. The van der Waals surface area contributed by atoms with Crippen LogP contribution >= 0.6 is 23.4 Å². The number of hydrogen-bond donors (Lipinski definition) is 0. The van der Waals surface area contributed by atoms with Crippen molar-refractivity contribution in [2.24, 2.45) is 0 Å². The largest absolute Gasteiger partial charge is 0.335 e. The van der Waals surface area contributed by atoms with Crippen LogP contribution in [-0.4, -0.2) is 37.9 Å². The molecule has 0 spiro atoms. The first-order valence-electron chi connectivity index (χ1n) is 8.85. The molecule has 1 aromatic heterocycles. The van der Waals surface area contributed by atoms with E-state index in [-0.39, 0.29) is 11.9 Å². The van der Waals surface area contributed by atoms with Gasteiger partial charge in [-0.3, -0.25) is 9.36 Å². The number of benzene rings is 2. The van der Waals surface area contributed by atoms with Crippen molar-refractivity contribution in [1.29, 1.82) is 0 Å². The first kappa shape index (κ1) is 18.1. The van der Waals surface area contributed by atoms with Crippen LogP contribution in [0.4, 0.5) is 0 Å². The number of halogens is 1. The molecule has 1 aliphatic heterocycles. The van der Waals surface area contributed by atoms with Crippen LogP contribution in [0.3, 0.4) is 0 Å². The molecule has 0 radical (unpaired) electrons. The Bertz CT molecular complexity index is 930. The van der Waals surface area contributed by atoms with Crippen LogP contribution in [0.15, 0.2) is 66.1 Å². The quantitative estimate of drug-likeness (QED) is 0.598. The minimum absolute atomic E-state index is 0.131. The third kappa shape index (κ3) is 4.01. The summed E-state index contributed by atoms with van der Waals surface area (Å²) in [5.41, 5.74) is 2.08. The molecule has 1 amide bonds. The highest BCUT2D eigenvalue weighted by Crippen LogP contribution is 2.32. The van der Waals surface area contributed by atoms with E-state index < -0.39 is 0 Å². The highest BCUT2D eigenvalue weighted by atomic mass is 35.5. The Morgan fingerprint density at radius 2 is 2.04 bits per heavy atom. The fourth-order valence-corrected chi connectivity index (χ4v) is 4.42. The lowest BCUT2D eigenvalue weighted by Gasteiger charge is -2.25. The standard InChI is InChI=1S/C20H19ClN4OS/c21-16-8-4-9-17(12-16)25-14-22-23-20(25)27-13-19(26)24-11-5-10-18(24)15-6-2-1-3-7-15/h1-4,6-9,12,14,18H,5,10-11,13H2. The fourth-order valence-electron chi connectivity index (χ4n) is 3.42. The number of carbonyl (C=O) groups excluding carboxylic acids is 1. The number of carbonyl (C=O) groups is 1. The van der Waals surface area contributed by atoms with Crippen LogP contribution in [0.2, 0.25) is 5.02 Å². The molecule has 1 saturated heterocycles. The Hall–Kier alpha value is -2.31. The van der Waals surface area contributed by atoms with Crippen molar-refractivity contribution in [1.82, 2.24) is 19.7 Å². The third-order valence-electron chi connectivity index (χ3n) is 4.69. The number of amides is 1.